The van der Waals surface area contributed by atoms with Crippen LogP contribution in [0.25, 0.3) is 10.8 Å². The summed E-state index contributed by atoms with van der Waals surface area (Å²) in [7, 11) is 0. The van der Waals surface area contributed by atoms with E-state index < -0.39 is 17.9 Å². The zero-order valence-corrected chi connectivity index (χ0v) is 16.6. The number of hydrogen-bond acceptors (Lipinski definition) is 5. The SMILES string of the molecule is CCn1nc(C(=O)NNC(=O)C(C)Oc2cccc(Cl)c2)c2ccccc2c1=O. The van der Waals surface area contributed by atoms with Gasteiger partial charge in [0, 0.05) is 17.0 Å². The predicted molar refractivity (Wildman–Crippen MR) is 109 cm³/mol. The first-order valence-corrected chi connectivity index (χ1v) is 9.30. The molecule has 0 aliphatic carbocycles. The average molecular weight is 415 g/mol. The van der Waals surface area contributed by atoms with E-state index in [1.54, 1.807) is 55.5 Å². The minimum atomic E-state index is -0.886. The van der Waals surface area contributed by atoms with Crippen LogP contribution in [-0.4, -0.2) is 27.7 Å². The third-order valence-electron chi connectivity index (χ3n) is 4.16. The van der Waals surface area contributed by atoms with E-state index in [9.17, 15) is 14.4 Å². The molecule has 2 amide bonds. The molecule has 0 aliphatic heterocycles. The van der Waals surface area contributed by atoms with Gasteiger partial charge in [-0.2, -0.15) is 5.10 Å². The largest absolute Gasteiger partial charge is 0.481 e. The molecule has 2 N–H and O–H groups in total. The summed E-state index contributed by atoms with van der Waals surface area (Å²) in [6, 6.07) is 13.3. The van der Waals surface area contributed by atoms with Gasteiger partial charge in [0.2, 0.25) is 0 Å². The molecule has 1 unspecified atom stereocenters. The maximum atomic E-state index is 12.6. The van der Waals surface area contributed by atoms with Crippen molar-refractivity contribution in [2.24, 2.45) is 0 Å². The van der Waals surface area contributed by atoms with Crippen molar-refractivity contribution < 1.29 is 14.3 Å². The fraction of sp³-hybridized carbons (Fsp3) is 0.200. The molecule has 3 aromatic rings. The number of hydrazine groups is 1. The monoisotopic (exact) mass is 414 g/mol. The van der Waals surface area contributed by atoms with Crippen LogP contribution in [0.4, 0.5) is 0 Å². The highest BCUT2D eigenvalue weighted by Crippen LogP contribution is 2.18. The Bertz CT molecular complexity index is 1130. The molecule has 29 heavy (non-hydrogen) atoms. The van der Waals surface area contributed by atoms with Gasteiger partial charge in [0.1, 0.15) is 5.75 Å². The smallest absolute Gasteiger partial charge is 0.290 e. The molecular weight excluding hydrogens is 396 g/mol. The van der Waals surface area contributed by atoms with Gasteiger partial charge >= 0.3 is 0 Å². The Kier molecular flexibility index (Phi) is 6.13. The fourth-order valence-corrected chi connectivity index (χ4v) is 2.87. The van der Waals surface area contributed by atoms with Crippen molar-refractivity contribution in [3.63, 3.8) is 0 Å². The number of fused-ring (bicyclic) bond motifs is 1. The van der Waals surface area contributed by atoms with Gasteiger partial charge < -0.3 is 4.74 Å². The Morgan fingerprint density at radius 1 is 1.14 bits per heavy atom. The highest BCUT2D eigenvalue weighted by Gasteiger charge is 2.19. The minimum Gasteiger partial charge on any atom is -0.481 e. The Hall–Kier alpha value is -3.39. The van der Waals surface area contributed by atoms with E-state index in [-0.39, 0.29) is 11.3 Å². The first kappa shape index (κ1) is 20.3. The zero-order valence-electron chi connectivity index (χ0n) is 15.8. The summed E-state index contributed by atoms with van der Waals surface area (Å²) < 4.78 is 6.71. The second kappa shape index (κ2) is 8.74. The minimum absolute atomic E-state index is 0.0331. The van der Waals surface area contributed by atoms with Crippen LogP contribution in [0.1, 0.15) is 24.3 Å². The van der Waals surface area contributed by atoms with Crippen molar-refractivity contribution in [1.82, 2.24) is 20.6 Å². The van der Waals surface area contributed by atoms with Crippen LogP contribution in [0, 0.1) is 0 Å². The zero-order chi connectivity index (χ0) is 21.0. The van der Waals surface area contributed by atoms with Crippen LogP contribution >= 0.6 is 11.6 Å². The van der Waals surface area contributed by atoms with Gasteiger partial charge in [-0.1, -0.05) is 35.9 Å². The maximum Gasteiger partial charge on any atom is 0.290 e. The topological polar surface area (TPSA) is 102 Å². The van der Waals surface area contributed by atoms with Gasteiger partial charge in [-0.05, 0) is 38.1 Å². The van der Waals surface area contributed by atoms with Crippen LogP contribution in [-0.2, 0) is 11.3 Å². The van der Waals surface area contributed by atoms with E-state index in [4.69, 9.17) is 16.3 Å². The van der Waals surface area contributed by atoms with Gasteiger partial charge in [-0.3, -0.25) is 25.2 Å². The fourth-order valence-electron chi connectivity index (χ4n) is 2.69. The molecule has 0 saturated carbocycles. The number of ether oxygens (including phenoxy) is 1. The number of nitrogens with one attached hydrogen (secondary N) is 2. The number of aryl methyl sites for hydroxylation is 1. The van der Waals surface area contributed by atoms with E-state index >= 15 is 0 Å². The van der Waals surface area contributed by atoms with E-state index in [1.165, 1.54) is 11.6 Å². The molecule has 0 fully saturated rings. The van der Waals surface area contributed by atoms with E-state index in [1.807, 2.05) is 0 Å². The van der Waals surface area contributed by atoms with Crippen LogP contribution < -0.4 is 21.1 Å². The molecular formula is C20H19ClN4O4. The molecule has 0 bridgehead atoms. The first-order valence-electron chi connectivity index (χ1n) is 8.93. The van der Waals surface area contributed by atoms with Crippen molar-refractivity contribution in [3.05, 3.63) is 69.6 Å². The van der Waals surface area contributed by atoms with E-state index in [2.05, 4.69) is 16.0 Å². The van der Waals surface area contributed by atoms with Crippen LogP contribution in [0.2, 0.25) is 5.02 Å². The molecule has 3 rings (SSSR count). The molecule has 2 aromatic carbocycles. The Morgan fingerprint density at radius 3 is 2.55 bits per heavy atom. The number of halogens is 1. The number of hydrogen-bond donors (Lipinski definition) is 2. The predicted octanol–water partition coefficient (Wildman–Crippen LogP) is 2.30. The lowest BCUT2D eigenvalue weighted by molar-refractivity contribution is -0.128. The number of rotatable bonds is 5. The Labute approximate surface area is 171 Å². The number of nitrogens with zero attached hydrogens (tertiary/aromatic N) is 2. The number of carbonyl (C=O) groups is 2. The summed E-state index contributed by atoms with van der Waals surface area (Å²) in [6.07, 6.45) is -0.886. The van der Waals surface area contributed by atoms with Gasteiger partial charge in [0.25, 0.3) is 17.4 Å². The van der Waals surface area contributed by atoms with Gasteiger partial charge in [-0.25, -0.2) is 4.68 Å². The summed E-state index contributed by atoms with van der Waals surface area (Å²) in [4.78, 5) is 37.2. The van der Waals surface area contributed by atoms with Crippen LogP contribution in [0.3, 0.4) is 0 Å². The second-order valence-corrected chi connectivity index (χ2v) is 6.61. The number of benzene rings is 2. The molecule has 8 nitrogen and oxygen atoms in total. The molecule has 1 atom stereocenters. The lowest BCUT2D eigenvalue weighted by atomic mass is 10.1. The summed E-state index contributed by atoms with van der Waals surface area (Å²) in [5, 5.41) is 5.37. The summed E-state index contributed by atoms with van der Waals surface area (Å²) in [6.45, 7) is 3.59. The number of amides is 2. The standard InChI is InChI=1S/C20H19ClN4O4/c1-3-25-20(28)16-10-5-4-9-15(16)17(24-25)19(27)23-22-18(26)12(2)29-14-8-6-7-13(21)11-14/h4-12H,3H2,1-2H3,(H,22,26)(H,23,27). The second-order valence-electron chi connectivity index (χ2n) is 6.18. The quantitative estimate of drug-likeness (QED) is 0.623. The van der Waals surface area contributed by atoms with Gasteiger partial charge in [0.05, 0.1) is 5.39 Å². The van der Waals surface area contributed by atoms with Gasteiger partial charge in [0.15, 0.2) is 11.8 Å². The molecule has 1 aromatic heterocycles. The molecule has 0 spiro atoms. The highest BCUT2D eigenvalue weighted by atomic mass is 35.5. The van der Waals surface area contributed by atoms with Crippen molar-refractivity contribution in [2.75, 3.05) is 0 Å². The molecule has 9 heteroatoms. The normalized spacial score (nSPS) is 11.7. The van der Waals surface area contributed by atoms with Crippen molar-refractivity contribution in [2.45, 2.75) is 26.5 Å². The third kappa shape index (κ3) is 4.55. The lowest BCUT2D eigenvalue weighted by Gasteiger charge is -2.15. The number of carbonyl (C=O) groups excluding carboxylic acids is 2. The van der Waals surface area contributed by atoms with E-state index in [0.29, 0.717) is 28.1 Å². The third-order valence-corrected chi connectivity index (χ3v) is 4.39. The Balaban J connectivity index is 1.73. The summed E-state index contributed by atoms with van der Waals surface area (Å²) in [5.41, 5.74) is 4.37. The van der Waals surface area contributed by atoms with Gasteiger partial charge in [-0.15, -0.1) is 0 Å². The number of aromatic nitrogens is 2. The molecule has 0 radical (unpaired) electrons. The van der Waals surface area contributed by atoms with Crippen molar-refractivity contribution in [1.29, 1.82) is 0 Å². The Morgan fingerprint density at radius 2 is 1.86 bits per heavy atom. The van der Waals surface area contributed by atoms with Crippen molar-refractivity contribution in [3.8, 4) is 5.75 Å². The first-order chi connectivity index (χ1) is 13.9. The summed E-state index contributed by atoms with van der Waals surface area (Å²) >= 11 is 5.89. The lowest BCUT2D eigenvalue weighted by Crippen LogP contribution is -2.47. The maximum absolute atomic E-state index is 12.6. The van der Waals surface area contributed by atoms with Crippen molar-refractivity contribution >= 4 is 34.2 Å². The average Bonchev–Trinajstić information content (AvgIpc) is 2.72. The highest BCUT2D eigenvalue weighted by molar-refractivity contribution is 6.30. The molecule has 150 valence electrons. The van der Waals surface area contributed by atoms with E-state index in [0.717, 1.165) is 0 Å². The van der Waals surface area contributed by atoms with Crippen LogP contribution in [0.15, 0.2) is 53.3 Å². The summed E-state index contributed by atoms with van der Waals surface area (Å²) in [5.74, 6) is -0.785. The molecule has 1 heterocycles. The van der Waals surface area contributed by atoms with Crippen LogP contribution in [0.5, 0.6) is 5.75 Å². The molecule has 0 saturated heterocycles. The molecule has 0 aliphatic rings.